The van der Waals surface area contributed by atoms with Gasteiger partial charge in [-0.15, -0.1) is 0 Å². The number of amides is 1. The molecule has 0 bridgehead atoms. The van der Waals surface area contributed by atoms with E-state index in [4.69, 9.17) is 4.74 Å². The molecule has 3 rings (SSSR count). The Labute approximate surface area is 143 Å². The molecule has 0 N–H and O–H groups in total. The van der Waals surface area contributed by atoms with Gasteiger partial charge in [-0.2, -0.15) is 0 Å². The van der Waals surface area contributed by atoms with Crippen LogP contribution in [-0.4, -0.2) is 31.6 Å². The van der Waals surface area contributed by atoms with Crippen LogP contribution in [0.15, 0.2) is 54.6 Å². The summed E-state index contributed by atoms with van der Waals surface area (Å²) in [5, 5.41) is 0. The van der Waals surface area contributed by atoms with Crippen LogP contribution >= 0.6 is 0 Å². The van der Waals surface area contributed by atoms with Crippen LogP contribution < -0.4 is 4.90 Å². The number of hydrogen-bond donors (Lipinski definition) is 0. The van der Waals surface area contributed by atoms with E-state index in [0.29, 0.717) is 6.61 Å². The minimum atomic E-state index is -0.227. The minimum absolute atomic E-state index is 0.0897. The van der Waals surface area contributed by atoms with Crippen molar-refractivity contribution in [3.63, 3.8) is 0 Å². The lowest BCUT2D eigenvalue weighted by molar-refractivity contribution is 0.0921. The number of carbonyl (C=O) groups excluding carboxylic acids is 1. The molecule has 0 aliphatic carbocycles. The fraction of sp³-hybridized carbons (Fsp3) is 0.350. The zero-order valence-corrected chi connectivity index (χ0v) is 14.3. The molecule has 1 saturated heterocycles. The van der Waals surface area contributed by atoms with E-state index in [-0.39, 0.29) is 12.1 Å². The number of hydrogen-bond acceptors (Lipinski definition) is 3. The van der Waals surface area contributed by atoms with Crippen LogP contribution in [0.4, 0.5) is 10.5 Å². The van der Waals surface area contributed by atoms with Crippen molar-refractivity contribution in [2.45, 2.75) is 25.5 Å². The molecule has 126 valence electrons. The molecule has 0 saturated carbocycles. The van der Waals surface area contributed by atoms with Gasteiger partial charge in [-0.1, -0.05) is 48.5 Å². The molecule has 24 heavy (non-hydrogen) atoms. The average molecular weight is 324 g/mol. The third-order valence-electron chi connectivity index (χ3n) is 4.47. The molecule has 1 aliphatic heterocycles. The summed E-state index contributed by atoms with van der Waals surface area (Å²) in [7, 11) is 4.07. The first-order chi connectivity index (χ1) is 11.7. The van der Waals surface area contributed by atoms with Gasteiger partial charge in [0.25, 0.3) is 0 Å². The second-order valence-electron chi connectivity index (χ2n) is 6.34. The summed E-state index contributed by atoms with van der Waals surface area (Å²) in [5.74, 6) is 0. The van der Waals surface area contributed by atoms with Gasteiger partial charge in [0.05, 0.1) is 6.04 Å². The number of nitrogens with zero attached hydrogens (tertiary/aromatic N) is 2. The molecule has 4 nitrogen and oxygen atoms in total. The predicted octanol–water partition coefficient (Wildman–Crippen LogP) is 4.23. The monoisotopic (exact) mass is 324 g/mol. The van der Waals surface area contributed by atoms with E-state index in [1.54, 1.807) is 0 Å². The topological polar surface area (TPSA) is 32.8 Å². The van der Waals surface area contributed by atoms with E-state index in [0.717, 1.165) is 30.6 Å². The Morgan fingerprint density at radius 3 is 2.58 bits per heavy atom. The molecular weight excluding hydrogens is 300 g/mol. The first kappa shape index (κ1) is 16.4. The normalized spacial score (nSPS) is 16.9. The number of likely N-dealkylation sites (tertiary alicyclic amines) is 1. The molecule has 2 aromatic rings. The Morgan fingerprint density at radius 1 is 1.12 bits per heavy atom. The van der Waals surface area contributed by atoms with Crippen LogP contribution in [0.25, 0.3) is 0 Å². The molecule has 1 heterocycles. The van der Waals surface area contributed by atoms with E-state index in [9.17, 15) is 4.79 Å². The Morgan fingerprint density at radius 2 is 1.83 bits per heavy atom. The van der Waals surface area contributed by atoms with E-state index >= 15 is 0 Å². The first-order valence-electron chi connectivity index (χ1n) is 8.40. The Balaban J connectivity index is 1.72. The smallest absolute Gasteiger partial charge is 0.410 e. The van der Waals surface area contributed by atoms with Gasteiger partial charge in [0.2, 0.25) is 0 Å². The quantitative estimate of drug-likeness (QED) is 0.844. The maximum Gasteiger partial charge on any atom is 0.410 e. The lowest BCUT2D eigenvalue weighted by Gasteiger charge is -2.28. The van der Waals surface area contributed by atoms with E-state index in [1.165, 1.54) is 5.56 Å². The number of carbonyl (C=O) groups is 1. The van der Waals surface area contributed by atoms with Gasteiger partial charge in [0, 0.05) is 26.3 Å². The lowest BCUT2D eigenvalue weighted by Crippen LogP contribution is -2.31. The molecule has 2 aromatic carbocycles. The number of rotatable bonds is 4. The highest BCUT2D eigenvalue weighted by molar-refractivity contribution is 5.70. The molecule has 0 spiro atoms. The van der Waals surface area contributed by atoms with Crippen molar-refractivity contribution in [3.05, 3.63) is 65.7 Å². The Kier molecular flexibility index (Phi) is 5.04. The molecule has 0 radical (unpaired) electrons. The summed E-state index contributed by atoms with van der Waals surface area (Å²) in [4.78, 5) is 16.5. The molecule has 1 atom stereocenters. The van der Waals surface area contributed by atoms with Crippen LogP contribution in [0.2, 0.25) is 0 Å². The summed E-state index contributed by atoms with van der Waals surface area (Å²) in [6, 6.07) is 18.2. The largest absolute Gasteiger partial charge is 0.445 e. The first-order valence-corrected chi connectivity index (χ1v) is 8.40. The van der Waals surface area contributed by atoms with Crippen molar-refractivity contribution in [2.24, 2.45) is 0 Å². The summed E-state index contributed by atoms with van der Waals surface area (Å²) in [6.45, 7) is 1.07. The number of anilines is 1. The van der Waals surface area contributed by atoms with Gasteiger partial charge in [-0.3, -0.25) is 0 Å². The molecular formula is C20H24N2O2. The third-order valence-corrected chi connectivity index (χ3v) is 4.47. The van der Waals surface area contributed by atoms with Crippen molar-refractivity contribution in [1.82, 2.24) is 4.90 Å². The molecule has 1 unspecified atom stereocenters. The maximum absolute atomic E-state index is 12.6. The number of benzene rings is 2. The summed E-state index contributed by atoms with van der Waals surface area (Å²) >= 11 is 0. The number of ether oxygens (including phenoxy) is 1. The second-order valence-corrected chi connectivity index (χ2v) is 6.34. The van der Waals surface area contributed by atoms with Crippen LogP contribution in [0.5, 0.6) is 0 Å². The van der Waals surface area contributed by atoms with Crippen molar-refractivity contribution < 1.29 is 9.53 Å². The Bertz CT molecular complexity index is 685. The standard InChI is InChI=1S/C20H24N2O2/c1-21(2)18-12-7-6-11-17(18)19-13-8-14-22(19)20(23)24-15-16-9-4-3-5-10-16/h3-7,9-12,19H,8,13-15H2,1-2H3. The molecule has 1 fully saturated rings. The molecule has 1 aliphatic rings. The van der Waals surface area contributed by atoms with Gasteiger partial charge in [-0.05, 0) is 30.0 Å². The zero-order valence-electron chi connectivity index (χ0n) is 14.3. The minimum Gasteiger partial charge on any atom is -0.445 e. The van der Waals surface area contributed by atoms with Crippen molar-refractivity contribution in [2.75, 3.05) is 25.5 Å². The summed E-state index contributed by atoms with van der Waals surface area (Å²) < 4.78 is 5.54. The Hall–Kier alpha value is -2.49. The van der Waals surface area contributed by atoms with E-state index in [1.807, 2.05) is 61.5 Å². The second kappa shape index (κ2) is 7.39. The summed E-state index contributed by atoms with van der Waals surface area (Å²) in [5.41, 5.74) is 3.36. The van der Waals surface area contributed by atoms with Crippen LogP contribution in [0.3, 0.4) is 0 Å². The van der Waals surface area contributed by atoms with Crippen molar-refractivity contribution in [1.29, 1.82) is 0 Å². The van der Waals surface area contributed by atoms with Crippen LogP contribution in [0, 0.1) is 0 Å². The molecule has 4 heteroatoms. The highest BCUT2D eigenvalue weighted by atomic mass is 16.6. The highest BCUT2D eigenvalue weighted by Crippen LogP contribution is 2.37. The summed E-state index contributed by atoms with van der Waals surface area (Å²) in [6.07, 6.45) is 1.76. The third kappa shape index (κ3) is 3.53. The maximum atomic E-state index is 12.6. The van der Waals surface area contributed by atoms with Gasteiger partial charge in [-0.25, -0.2) is 4.79 Å². The van der Waals surface area contributed by atoms with Crippen molar-refractivity contribution in [3.8, 4) is 0 Å². The fourth-order valence-electron chi connectivity index (χ4n) is 3.29. The SMILES string of the molecule is CN(C)c1ccccc1C1CCCN1C(=O)OCc1ccccc1. The zero-order chi connectivity index (χ0) is 16.9. The molecule has 1 amide bonds. The predicted molar refractivity (Wildman–Crippen MR) is 96.1 cm³/mol. The fourth-order valence-corrected chi connectivity index (χ4v) is 3.29. The average Bonchev–Trinajstić information content (AvgIpc) is 3.10. The van der Waals surface area contributed by atoms with Gasteiger partial charge in [0.15, 0.2) is 0 Å². The van der Waals surface area contributed by atoms with Gasteiger partial charge >= 0.3 is 6.09 Å². The van der Waals surface area contributed by atoms with E-state index in [2.05, 4.69) is 17.0 Å². The van der Waals surface area contributed by atoms with E-state index < -0.39 is 0 Å². The van der Waals surface area contributed by atoms with Crippen LogP contribution in [-0.2, 0) is 11.3 Å². The van der Waals surface area contributed by atoms with Gasteiger partial charge in [0.1, 0.15) is 6.61 Å². The molecule has 0 aromatic heterocycles. The van der Waals surface area contributed by atoms with Gasteiger partial charge < -0.3 is 14.5 Å². The van der Waals surface area contributed by atoms with Crippen LogP contribution in [0.1, 0.15) is 30.0 Å². The number of para-hydroxylation sites is 1. The van der Waals surface area contributed by atoms with Crippen molar-refractivity contribution >= 4 is 11.8 Å². The highest BCUT2D eigenvalue weighted by Gasteiger charge is 2.32. The lowest BCUT2D eigenvalue weighted by atomic mass is 10.0.